The molecule has 0 aliphatic heterocycles. The van der Waals surface area contributed by atoms with Crippen molar-refractivity contribution in [3.8, 4) is 0 Å². The van der Waals surface area contributed by atoms with E-state index in [1.807, 2.05) is 7.05 Å². The first-order chi connectivity index (χ1) is 8.15. The molecule has 0 heterocycles. The van der Waals surface area contributed by atoms with Crippen molar-refractivity contribution in [2.24, 2.45) is 0 Å². The van der Waals surface area contributed by atoms with Gasteiger partial charge in [0.25, 0.3) is 0 Å². The Morgan fingerprint density at radius 2 is 2.00 bits per heavy atom. The minimum absolute atomic E-state index is 0.231. The van der Waals surface area contributed by atoms with Crippen LogP contribution in [0.3, 0.4) is 0 Å². The molecule has 0 atom stereocenters. The molecule has 1 nitrogen and oxygen atoms in total. The molecule has 1 aromatic carbocycles. The van der Waals surface area contributed by atoms with Crippen molar-refractivity contribution in [1.82, 2.24) is 4.90 Å². The van der Waals surface area contributed by atoms with Gasteiger partial charge in [-0.1, -0.05) is 24.1 Å². The van der Waals surface area contributed by atoms with E-state index >= 15 is 0 Å². The van der Waals surface area contributed by atoms with E-state index in [1.165, 1.54) is 6.07 Å². The summed E-state index contributed by atoms with van der Waals surface area (Å²) in [6.45, 7) is 1.48. The number of benzene rings is 1. The zero-order chi connectivity index (χ0) is 12.7. The SMILES string of the molecule is CN(CCCCCCl)Cc1c(F)cccc1Cl. The summed E-state index contributed by atoms with van der Waals surface area (Å²) in [7, 11) is 1.98. The Labute approximate surface area is 113 Å². The Morgan fingerprint density at radius 1 is 1.24 bits per heavy atom. The minimum Gasteiger partial charge on any atom is -0.302 e. The standard InChI is InChI=1S/C13H18Cl2FN/c1-17(9-4-2-3-8-14)10-11-12(15)6-5-7-13(11)16/h5-7H,2-4,8-10H2,1H3. The number of nitrogens with zero attached hydrogens (tertiary/aromatic N) is 1. The molecule has 1 aromatic rings. The van der Waals surface area contributed by atoms with Crippen molar-refractivity contribution in [2.75, 3.05) is 19.5 Å². The van der Waals surface area contributed by atoms with Crippen LogP contribution >= 0.6 is 23.2 Å². The molecule has 0 bridgehead atoms. The van der Waals surface area contributed by atoms with Gasteiger partial charge in [-0.3, -0.25) is 0 Å². The first-order valence-electron chi connectivity index (χ1n) is 5.82. The maximum Gasteiger partial charge on any atom is 0.129 e. The summed E-state index contributed by atoms with van der Waals surface area (Å²) in [4.78, 5) is 2.08. The first kappa shape index (κ1) is 14.7. The van der Waals surface area contributed by atoms with Crippen molar-refractivity contribution < 1.29 is 4.39 Å². The number of rotatable bonds is 7. The fourth-order valence-electron chi connectivity index (χ4n) is 1.69. The molecule has 0 radical (unpaired) electrons. The van der Waals surface area contributed by atoms with Crippen LogP contribution in [0.25, 0.3) is 0 Å². The third-order valence-corrected chi connectivity index (χ3v) is 3.28. The van der Waals surface area contributed by atoms with E-state index in [0.717, 1.165) is 25.8 Å². The van der Waals surface area contributed by atoms with Crippen molar-refractivity contribution in [3.63, 3.8) is 0 Å². The van der Waals surface area contributed by atoms with Gasteiger partial charge in [-0.15, -0.1) is 11.6 Å². The zero-order valence-corrected chi connectivity index (χ0v) is 11.6. The largest absolute Gasteiger partial charge is 0.302 e. The van der Waals surface area contributed by atoms with Crippen LogP contribution in [0.4, 0.5) is 4.39 Å². The van der Waals surface area contributed by atoms with E-state index in [4.69, 9.17) is 23.2 Å². The number of hydrogen-bond donors (Lipinski definition) is 0. The molecule has 17 heavy (non-hydrogen) atoms. The van der Waals surface area contributed by atoms with E-state index in [2.05, 4.69) is 4.90 Å². The molecule has 0 aliphatic carbocycles. The Balaban J connectivity index is 2.42. The van der Waals surface area contributed by atoms with Crippen molar-refractivity contribution in [2.45, 2.75) is 25.8 Å². The highest BCUT2D eigenvalue weighted by molar-refractivity contribution is 6.31. The maximum absolute atomic E-state index is 13.5. The minimum atomic E-state index is -0.231. The second kappa shape index (κ2) is 7.91. The fourth-order valence-corrected chi connectivity index (χ4v) is 2.10. The van der Waals surface area contributed by atoms with Gasteiger partial charge in [-0.25, -0.2) is 4.39 Å². The third kappa shape index (κ3) is 5.24. The molecule has 96 valence electrons. The Morgan fingerprint density at radius 3 is 2.65 bits per heavy atom. The van der Waals surface area contributed by atoms with Crippen LogP contribution in [0.2, 0.25) is 5.02 Å². The maximum atomic E-state index is 13.5. The molecule has 0 aromatic heterocycles. The van der Waals surface area contributed by atoms with Gasteiger partial charge in [-0.05, 0) is 38.6 Å². The lowest BCUT2D eigenvalue weighted by Crippen LogP contribution is -2.20. The lowest BCUT2D eigenvalue weighted by Gasteiger charge is -2.17. The van der Waals surface area contributed by atoms with Gasteiger partial charge < -0.3 is 4.90 Å². The number of hydrogen-bond acceptors (Lipinski definition) is 1. The molecule has 4 heteroatoms. The van der Waals surface area contributed by atoms with Crippen molar-refractivity contribution in [3.05, 3.63) is 34.6 Å². The molecule has 0 unspecified atom stereocenters. The summed E-state index contributed by atoms with van der Waals surface area (Å²) in [6.07, 6.45) is 3.23. The Bertz CT molecular complexity index is 324. The van der Waals surface area contributed by atoms with Crippen LogP contribution in [0.5, 0.6) is 0 Å². The molecular weight excluding hydrogens is 260 g/mol. The molecule has 0 spiro atoms. The zero-order valence-electron chi connectivity index (χ0n) is 10.1. The molecule has 1 rings (SSSR count). The summed E-state index contributed by atoms with van der Waals surface area (Å²) >= 11 is 11.6. The molecule has 0 aliphatic rings. The second-order valence-electron chi connectivity index (χ2n) is 4.19. The van der Waals surface area contributed by atoms with Crippen LogP contribution in [-0.2, 0) is 6.54 Å². The predicted octanol–water partition coefficient (Wildman–Crippen LogP) is 4.32. The quantitative estimate of drug-likeness (QED) is 0.530. The first-order valence-corrected chi connectivity index (χ1v) is 6.73. The third-order valence-electron chi connectivity index (χ3n) is 2.66. The molecule has 0 N–H and O–H groups in total. The van der Waals surface area contributed by atoms with Crippen LogP contribution in [-0.4, -0.2) is 24.4 Å². The summed E-state index contributed by atoms with van der Waals surface area (Å²) in [5, 5.41) is 0.498. The van der Waals surface area contributed by atoms with Crippen molar-refractivity contribution >= 4 is 23.2 Å². The van der Waals surface area contributed by atoms with E-state index < -0.39 is 0 Å². The molecular formula is C13H18Cl2FN. The highest BCUT2D eigenvalue weighted by atomic mass is 35.5. The van der Waals surface area contributed by atoms with E-state index in [9.17, 15) is 4.39 Å². The molecule has 0 amide bonds. The van der Waals surface area contributed by atoms with E-state index in [-0.39, 0.29) is 5.82 Å². The average Bonchev–Trinajstić information content (AvgIpc) is 2.30. The Kier molecular flexibility index (Phi) is 6.86. The summed E-state index contributed by atoms with van der Waals surface area (Å²) in [5.74, 6) is 0.480. The average molecular weight is 278 g/mol. The van der Waals surface area contributed by atoms with Gasteiger partial charge in [0.15, 0.2) is 0 Å². The monoisotopic (exact) mass is 277 g/mol. The summed E-state index contributed by atoms with van der Waals surface area (Å²) in [5.41, 5.74) is 0.578. The van der Waals surface area contributed by atoms with Crippen molar-refractivity contribution in [1.29, 1.82) is 0 Å². The van der Waals surface area contributed by atoms with Crippen LogP contribution in [0.15, 0.2) is 18.2 Å². The smallest absolute Gasteiger partial charge is 0.129 e. The molecule has 0 saturated carbocycles. The van der Waals surface area contributed by atoms with Gasteiger partial charge >= 0.3 is 0 Å². The van der Waals surface area contributed by atoms with Gasteiger partial charge in [-0.2, -0.15) is 0 Å². The van der Waals surface area contributed by atoms with Crippen LogP contribution < -0.4 is 0 Å². The van der Waals surface area contributed by atoms with Crippen LogP contribution in [0.1, 0.15) is 24.8 Å². The second-order valence-corrected chi connectivity index (χ2v) is 4.97. The fraction of sp³-hybridized carbons (Fsp3) is 0.538. The van der Waals surface area contributed by atoms with Gasteiger partial charge in [0.2, 0.25) is 0 Å². The highest BCUT2D eigenvalue weighted by Gasteiger charge is 2.09. The molecule has 0 fully saturated rings. The predicted molar refractivity (Wildman–Crippen MR) is 72.3 cm³/mol. The lowest BCUT2D eigenvalue weighted by molar-refractivity contribution is 0.313. The van der Waals surface area contributed by atoms with E-state index in [0.29, 0.717) is 23.0 Å². The Hall–Kier alpha value is -0.310. The van der Waals surface area contributed by atoms with E-state index in [1.54, 1.807) is 12.1 Å². The summed E-state index contributed by atoms with van der Waals surface area (Å²) in [6, 6.07) is 4.80. The van der Waals surface area contributed by atoms with Gasteiger partial charge in [0, 0.05) is 23.0 Å². The highest BCUT2D eigenvalue weighted by Crippen LogP contribution is 2.20. The number of halogens is 3. The normalized spacial score (nSPS) is 11.1. The lowest BCUT2D eigenvalue weighted by atomic mass is 10.2. The topological polar surface area (TPSA) is 3.24 Å². The number of unbranched alkanes of at least 4 members (excludes halogenated alkanes) is 2. The van der Waals surface area contributed by atoms with Gasteiger partial charge in [0.05, 0.1) is 0 Å². The molecule has 0 saturated heterocycles. The summed E-state index contributed by atoms with van der Waals surface area (Å²) < 4.78 is 13.5. The number of alkyl halides is 1. The van der Waals surface area contributed by atoms with Gasteiger partial charge in [0.1, 0.15) is 5.82 Å². The van der Waals surface area contributed by atoms with Crippen LogP contribution in [0, 0.1) is 5.82 Å².